The molecule has 0 aliphatic carbocycles. The maximum atomic E-state index is 13.1. The van der Waals surface area contributed by atoms with E-state index in [9.17, 15) is 9.18 Å². The Bertz CT molecular complexity index is 976. The van der Waals surface area contributed by atoms with E-state index in [0.717, 1.165) is 37.4 Å². The Hall–Kier alpha value is -2.92. The monoisotopic (exact) mass is 391 g/mol. The smallest absolute Gasteiger partial charge is 0.234 e. The summed E-state index contributed by atoms with van der Waals surface area (Å²) in [5, 5.41) is 5.51. The summed E-state index contributed by atoms with van der Waals surface area (Å²) in [5.41, 5.74) is 2.16. The lowest BCUT2D eigenvalue weighted by Crippen LogP contribution is -2.49. The van der Waals surface area contributed by atoms with Gasteiger partial charge in [-0.05, 0) is 47.5 Å². The number of carbonyl (C=O) groups excluding carboxylic acids is 1. The molecule has 1 aliphatic heterocycles. The number of benzene rings is 3. The molecular weight excluding hydrogens is 365 g/mol. The second kappa shape index (κ2) is 8.62. The topological polar surface area (TPSA) is 35.6 Å². The first kappa shape index (κ1) is 19.4. The minimum Gasteiger partial charge on any atom is -0.369 e. The van der Waals surface area contributed by atoms with Crippen molar-refractivity contribution in [3.8, 4) is 0 Å². The Balaban J connectivity index is 1.31. The third-order valence-electron chi connectivity index (χ3n) is 5.60. The average molecular weight is 391 g/mol. The summed E-state index contributed by atoms with van der Waals surface area (Å²) in [4.78, 5) is 17.0. The van der Waals surface area contributed by atoms with Crippen LogP contribution in [0.5, 0.6) is 0 Å². The fraction of sp³-hybridized carbons (Fsp3) is 0.292. The van der Waals surface area contributed by atoms with E-state index in [-0.39, 0.29) is 17.8 Å². The Morgan fingerprint density at radius 3 is 2.41 bits per heavy atom. The van der Waals surface area contributed by atoms with E-state index in [1.165, 1.54) is 22.9 Å². The van der Waals surface area contributed by atoms with Gasteiger partial charge in [-0.1, -0.05) is 42.5 Å². The molecule has 1 atom stereocenters. The normalized spacial score (nSPS) is 16.0. The van der Waals surface area contributed by atoms with Crippen molar-refractivity contribution in [3.63, 3.8) is 0 Å². The predicted octanol–water partition coefficient (Wildman–Crippen LogP) is 3.98. The standard InChI is InChI=1S/C24H26FN3O/c1-18(22-8-4-6-19-5-2-3-7-23(19)22)26-24(29)17-27-13-15-28(16-14-27)21-11-9-20(25)10-12-21/h2-12,18H,13-17H2,1H3,(H,26,29)/t18-/m1/s1. The summed E-state index contributed by atoms with van der Waals surface area (Å²) in [6, 6.07) is 21.0. The second-order valence-corrected chi connectivity index (χ2v) is 7.60. The van der Waals surface area contributed by atoms with Gasteiger partial charge in [-0.3, -0.25) is 9.69 Å². The van der Waals surface area contributed by atoms with Crippen molar-refractivity contribution in [2.24, 2.45) is 0 Å². The van der Waals surface area contributed by atoms with Gasteiger partial charge in [0, 0.05) is 31.9 Å². The van der Waals surface area contributed by atoms with Crippen LogP contribution in [0.15, 0.2) is 66.7 Å². The van der Waals surface area contributed by atoms with E-state index in [2.05, 4.69) is 39.4 Å². The van der Waals surface area contributed by atoms with Crippen LogP contribution >= 0.6 is 0 Å². The van der Waals surface area contributed by atoms with Crippen molar-refractivity contribution in [2.75, 3.05) is 37.6 Å². The number of piperazine rings is 1. The summed E-state index contributed by atoms with van der Waals surface area (Å²) in [5.74, 6) is -0.176. The molecule has 3 aromatic carbocycles. The molecule has 1 heterocycles. The van der Waals surface area contributed by atoms with Gasteiger partial charge in [-0.15, -0.1) is 0 Å². The van der Waals surface area contributed by atoms with Crippen LogP contribution in [0.4, 0.5) is 10.1 Å². The zero-order chi connectivity index (χ0) is 20.2. The molecule has 150 valence electrons. The molecule has 0 unspecified atom stereocenters. The van der Waals surface area contributed by atoms with Crippen LogP contribution in [0.1, 0.15) is 18.5 Å². The summed E-state index contributed by atoms with van der Waals surface area (Å²) in [7, 11) is 0. The molecule has 0 aromatic heterocycles. The maximum absolute atomic E-state index is 13.1. The molecule has 3 aromatic rings. The number of amides is 1. The van der Waals surface area contributed by atoms with Gasteiger partial charge in [0.2, 0.25) is 5.91 Å². The third kappa shape index (κ3) is 4.57. The molecule has 1 aliphatic rings. The molecule has 1 N–H and O–H groups in total. The Kier molecular flexibility index (Phi) is 5.76. The van der Waals surface area contributed by atoms with Crippen LogP contribution in [0.2, 0.25) is 0 Å². The van der Waals surface area contributed by atoms with Gasteiger partial charge < -0.3 is 10.2 Å². The quantitative estimate of drug-likeness (QED) is 0.715. The van der Waals surface area contributed by atoms with Gasteiger partial charge in [0.15, 0.2) is 0 Å². The van der Waals surface area contributed by atoms with E-state index in [1.54, 1.807) is 0 Å². The Morgan fingerprint density at radius 2 is 1.66 bits per heavy atom. The highest BCUT2D eigenvalue weighted by Crippen LogP contribution is 2.24. The van der Waals surface area contributed by atoms with E-state index in [1.807, 2.05) is 37.3 Å². The Morgan fingerprint density at radius 1 is 0.966 bits per heavy atom. The number of nitrogens with zero attached hydrogens (tertiary/aromatic N) is 2. The lowest BCUT2D eigenvalue weighted by atomic mass is 10.00. The van der Waals surface area contributed by atoms with Gasteiger partial charge in [-0.25, -0.2) is 4.39 Å². The predicted molar refractivity (Wildman–Crippen MR) is 116 cm³/mol. The van der Waals surface area contributed by atoms with Crippen LogP contribution in [0.3, 0.4) is 0 Å². The van der Waals surface area contributed by atoms with Crippen LogP contribution in [-0.2, 0) is 4.79 Å². The highest BCUT2D eigenvalue weighted by Gasteiger charge is 2.20. The van der Waals surface area contributed by atoms with Crippen molar-refractivity contribution in [1.82, 2.24) is 10.2 Å². The van der Waals surface area contributed by atoms with E-state index in [4.69, 9.17) is 0 Å². The molecule has 0 saturated carbocycles. The highest BCUT2D eigenvalue weighted by atomic mass is 19.1. The van der Waals surface area contributed by atoms with E-state index >= 15 is 0 Å². The van der Waals surface area contributed by atoms with Gasteiger partial charge in [0.05, 0.1) is 12.6 Å². The number of hydrogen-bond donors (Lipinski definition) is 1. The molecule has 0 radical (unpaired) electrons. The summed E-state index contributed by atoms with van der Waals surface area (Å²) < 4.78 is 13.1. The molecule has 4 rings (SSSR count). The molecule has 1 amide bonds. The zero-order valence-electron chi connectivity index (χ0n) is 16.6. The average Bonchev–Trinajstić information content (AvgIpc) is 2.74. The minimum atomic E-state index is -0.218. The number of anilines is 1. The van der Waals surface area contributed by atoms with Crippen LogP contribution in [0.25, 0.3) is 10.8 Å². The van der Waals surface area contributed by atoms with Crippen molar-refractivity contribution in [2.45, 2.75) is 13.0 Å². The number of hydrogen-bond acceptors (Lipinski definition) is 3. The van der Waals surface area contributed by atoms with Crippen molar-refractivity contribution >= 4 is 22.4 Å². The molecule has 1 fully saturated rings. The van der Waals surface area contributed by atoms with Crippen LogP contribution in [-0.4, -0.2) is 43.5 Å². The van der Waals surface area contributed by atoms with Gasteiger partial charge in [0.25, 0.3) is 0 Å². The number of halogens is 1. The Labute approximate surface area is 170 Å². The van der Waals surface area contributed by atoms with E-state index in [0.29, 0.717) is 6.54 Å². The van der Waals surface area contributed by atoms with Crippen LogP contribution < -0.4 is 10.2 Å². The molecule has 29 heavy (non-hydrogen) atoms. The van der Waals surface area contributed by atoms with Gasteiger partial charge in [-0.2, -0.15) is 0 Å². The summed E-state index contributed by atoms with van der Waals surface area (Å²) in [6.45, 7) is 5.72. The number of fused-ring (bicyclic) bond motifs is 1. The fourth-order valence-electron chi connectivity index (χ4n) is 4.01. The van der Waals surface area contributed by atoms with E-state index < -0.39 is 0 Å². The largest absolute Gasteiger partial charge is 0.369 e. The first-order valence-electron chi connectivity index (χ1n) is 10.1. The van der Waals surface area contributed by atoms with Gasteiger partial charge >= 0.3 is 0 Å². The molecular formula is C24H26FN3O. The third-order valence-corrected chi connectivity index (χ3v) is 5.60. The molecule has 5 heteroatoms. The van der Waals surface area contributed by atoms with Crippen molar-refractivity contribution < 1.29 is 9.18 Å². The first-order valence-corrected chi connectivity index (χ1v) is 10.1. The molecule has 0 bridgehead atoms. The van der Waals surface area contributed by atoms with Crippen molar-refractivity contribution in [3.05, 3.63) is 78.1 Å². The second-order valence-electron chi connectivity index (χ2n) is 7.60. The lowest BCUT2D eigenvalue weighted by molar-refractivity contribution is -0.123. The zero-order valence-corrected chi connectivity index (χ0v) is 16.6. The summed E-state index contributed by atoms with van der Waals surface area (Å²) >= 11 is 0. The van der Waals surface area contributed by atoms with Gasteiger partial charge in [0.1, 0.15) is 5.82 Å². The highest BCUT2D eigenvalue weighted by molar-refractivity contribution is 5.87. The van der Waals surface area contributed by atoms with Crippen LogP contribution in [0, 0.1) is 5.82 Å². The lowest BCUT2D eigenvalue weighted by Gasteiger charge is -2.35. The number of nitrogens with one attached hydrogen (secondary N) is 1. The summed E-state index contributed by atoms with van der Waals surface area (Å²) in [6.07, 6.45) is 0. The SMILES string of the molecule is C[C@@H](NC(=O)CN1CCN(c2ccc(F)cc2)CC1)c1cccc2ccccc12. The molecule has 4 nitrogen and oxygen atoms in total. The fourth-order valence-corrected chi connectivity index (χ4v) is 4.01. The molecule has 1 saturated heterocycles. The molecule has 0 spiro atoms. The van der Waals surface area contributed by atoms with Crippen molar-refractivity contribution in [1.29, 1.82) is 0 Å². The minimum absolute atomic E-state index is 0.0423. The number of carbonyl (C=O) groups is 1. The maximum Gasteiger partial charge on any atom is 0.234 e. The number of rotatable bonds is 5. The first-order chi connectivity index (χ1) is 14.1.